The van der Waals surface area contributed by atoms with Gasteiger partial charge in [-0.15, -0.1) is 0 Å². The number of amides is 1. The SMILES string of the molecule is N#Cc1ccccc1CN1CCOCC1=O. The van der Waals surface area contributed by atoms with Crippen molar-refractivity contribution in [2.75, 3.05) is 19.8 Å². The Morgan fingerprint density at radius 1 is 1.44 bits per heavy atom. The van der Waals surface area contributed by atoms with Crippen LogP contribution in [0.3, 0.4) is 0 Å². The van der Waals surface area contributed by atoms with Gasteiger partial charge in [0.2, 0.25) is 5.91 Å². The second-order valence-electron chi connectivity index (χ2n) is 3.64. The van der Waals surface area contributed by atoms with Crippen LogP contribution in [0.2, 0.25) is 0 Å². The molecular formula is C12H12N2O2. The van der Waals surface area contributed by atoms with Crippen molar-refractivity contribution in [1.29, 1.82) is 5.26 Å². The number of carbonyl (C=O) groups is 1. The standard InChI is InChI=1S/C12H12N2O2/c13-7-10-3-1-2-4-11(10)8-14-5-6-16-9-12(14)15/h1-4H,5-6,8-9H2. The van der Waals surface area contributed by atoms with E-state index in [1.54, 1.807) is 11.0 Å². The highest BCUT2D eigenvalue weighted by molar-refractivity contribution is 5.78. The molecule has 1 aliphatic heterocycles. The number of nitrogens with zero attached hydrogens (tertiary/aromatic N) is 2. The van der Waals surface area contributed by atoms with Crippen molar-refractivity contribution in [2.24, 2.45) is 0 Å². The van der Waals surface area contributed by atoms with Crippen LogP contribution in [0, 0.1) is 11.3 Å². The fraction of sp³-hybridized carbons (Fsp3) is 0.333. The zero-order chi connectivity index (χ0) is 11.4. The second kappa shape index (κ2) is 4.77. The van der Waals surface area contributed by atoms with E-state index in [2.05, 4.69) is 6.07 Å². The van der Waals surface area contributed by atoms with Crippen molar-refractivity contribution < 1.29 is 9.53 Å². The van der Waals surface area contributed by atoms with Crippen LogP contribution in [0.25, 0.3) is 0 Å². The summed E-state index contributed by atoms with van der Waals surface area (Å²) < 4.78 is 5.05. The summed E-state index contributed by atoms with van der Waals surface area (Å²) in [6, 6.07) is 9.47. The van der Waals surface area contributed by atoms with Gasteiger partial charge in [-0.25, -0.2) is 0 Å². The van der Waals surface area contributed by atoms with Gasteiger partial charge in [0.25, 0.3) is 0 Å². The molecule has 0 unspecified atom stereocenters. The summed E-state index contributed by atoms with van der Waals surface area (Å²) >= 11 is 0. The minimum Gasteiger partial charge on any atom is -0.370 e. The van der Waals surface area contributed by atoms with Gasteiger partial charge in [-0.3, -0.25) is 4.79 Å². The molecule has 2 rings (SSSR count). The van der Waals surface area contributed by atoms with Gasteiger partial charge in [0, 0.05) is 13.1 Å². The van der Waals surface area contributed by atoms with E-state index in [4.69, 9.17) is 10.00 Å². The highest BCUT2D eigenvalue weighted by atomic mass is 16.5. The zero-order valence-electron chi connectivity index (χ0n) is 8.85. The Balaban J connectivity index is 2.14. The van der Waals surface area contributed by atoms with Crippen molar-refractivity contribution in [2.45, 2.75) is 6.54 Å². The zero-order valence-corrected chi connectivity index (χ0v) is 8.85. The third-order valence-electron chi connectivity index (χ3n) is 2.58. The maximum absolute atomic E-state index is 11.5. The van der Waals surface area contributed by atoms with Gasteiger partial charge in [-0.2, -0.15) is 5.26 Å². The molecule has 1 aromatic rings. The molecule has 1 amide bonds. The summed E-state index contributed by atoms with van der Waals surface area (Å²) in [5, 5.41) is 8.94. The molecule has 0 N–H and O–H groups in total. The first-order valence-corrected chi connectivity index (χ1v) is 5.15. The summed E-state index contributed by atoms with van der Waals surface area (Å²) in [4.78, 5) is 13.2. The smallest absolute Gasteiger partial charge is 0.248 e. The number of ether oxygens (including phenoxy) is 1. The maximum atomic E-state index is 11.5. The van der Waals surface area contributed by atoms with Crippen LogP contribution in [0.5, 0.6) is 0 Å². The summed E-state index contributed by atoms with van der Waals surface area (Å²) in [5.41, 5.74) is 1.52. The van der Waals surface area contributed by atoms with Crippen LogP contribution in [0.15, 0.2) is 24.3 Å². The molecule has 0 aromatic heterocycles. The molecule has 1 fully saturated rings. The Kier molecular flexibility index (Phi) is 3.18. The fourth-order valence-corrected chi connectivity index (χ4v) is 1.69. The summed E-state index contributed by atoms with van der Waals surface area (Å²) in [6.07, 6.45) is 0. The number of nitriles is 1. The van der Waals surface area contributed by atoms with Gasteiger partial charge in [-0.05, 0) is 11.6 Å². The highest BCUT2D eigenvalue weighted by Crippen LogP contribution is 2.12. The molecule has 1 aromatic carbocycles. The lowest BCUT2D eigenvalue weighted by molar-refractivity contribution is -0.143. The van der Waals surface area contributed by atoms with Crippen molar-refractivity contribution in [3.63, 3.8) is 0 Å². The second-order valence-corrected chi connectivity index (χ2v) is 3.64. The fourth-order valence-electron chi connectivity index (χ4n) is 1.69. The average molecular weight is 216 g/mol. The number of benzene rings is 1. The van der Waals surface area contributed by atoms with Crippen molar-refractivity contribution in [3.05, 3.63) is 35.4 Å². The van der Waals surface area contributed by atoms with Crippen LogP contribution >= 0.6 is 0 Å². The molecule has 0 radical (unpaired) electrons. The Labute approximate surface area is 94.0 Å². The van der Waals surface area contributed by atoms with E-state index < -0.39 is 0 Å². The van der Waals surface area contributed by atoms with Gasteiger partial charge in [0.05, 0.1) is 18.2 Å². The molecule has 82 valence electrons. The molecular weight excluding hydrogens is 204 g/mol. The lowest BCUT2D eigenvalue weighted by Gasteiger charge is -2.27. The van der Waals surface area contributed by atoms with Gasteiger partial charge in [0.1, 0.15) is 6.61 Å². The van der Waals surface area contributed by atoms with Crippen LogP contribution in [0.1, 0.15) is 11.1 Å². The Bertz CT molecular complexity index is 437. The number of hydrogen-bond donors (Lipinski definition) is 0. The normalized spacial score (nSPS) is 15.9. The molecule has 0 aliphatic carbocycles. The van der Waals surface area contributed by atoms with E-state index in [1.807, 2.05) is 18.2 Å². The predicted molar refractivity (Wildman–Crippen MR) is 57.4 cm³/mol. The molecule has 1 saturated heterocycles. The third-order valence-corrected chi connectivity index (χ3v) is 2.58. The van der Waals surface area contributed by atoms with Crippen LogP contribution in [-0.2, 0) is 16.1 Å². The Morgan fingerprint density at radius 2 is 2.25 bits per heavy atom. The van der Waals surface area contributed by atoms with Gasteiger partial charge in [0.15, 0.2) is 0 Å². The molecule has 0 bridgehead atoms. The Hall–Kier alpha value is -1.86. The van der Waals surface area contributed by atoms with E-state index in [1.165, 1.54) is 0 Å². The van der Waals surface area contributed by atoms with Crippen LogP contribution in [-0.4, -0.2) is 30.6 Å². The van der Waals surface area contributed by atoms with Crippen molar-refractivity contribution in [3.8, 4) is 6.07 Å². The quantitative estimate of drug-likeness (QED) is 0.738. The Morgan fingerprint density at radius 3 is 3.00 bits per heavy atom. The van der Waals surface area contributed by atoms with Crippen LogP contribution in [0.4, 0.5) is 0 Å². The molecule has 1 aliphatic rings. The number of hydrogen-bond acceptors (Lipinski definition) is 3. The van der Waals surface area contributed by atoms with E-state index in [9.17, 15) is 4.79 Å². The summed E-state index contributed by atoms with van der Waals surface area (Å²) in [5.74, 6) is -0.0148. The average Bonchev–Trinajstić information content (AvgIpc) is 2.33. The molecule has 1 heterocycles. The van der Waals surface area contributed by atoms with E-state index >= 15 is 0 Å². The first-order valence-electron chi connectivity index (χ1n) is 5.15. The molecule has 0 spiro atoms. The molecule has 4 heteroatoms. The minimum absolute atomic E-state index is 0.0148. The van der Waals surface area contributed by atoms with Crippen molar-refractivity contribution in [1.82, 2.24) is 4.90 Å². The predicted octanol–water partition coefficient (Wildman–Crippen LogP) is 0.917. The summed E-state index contributed by atoms with van der Waals surface area (Å²) in [6.45, 7) is 1.81. The topological polar surface area (TPSA) is 53.3 Å². The first kappa shape index (κ1) is 10.7. The number of morpholine rings is 1. The monoisotopic (exact) mass is 216 g/mol. The van der Waals surface area contributed by atoms with Crippen molar-refractivity contribution >= 4 is 5.91 Å². The summed E-state index contributed by atoms with van der Waals surface area (Å²) in [7, 11) is 0. The lowest BCUT2D eigenvalue weighted by atomic mass is 10.1. The molecule has 0 saturated carbocycles. The lowest BCUT2D eigenvalue weighted by Crippen LogP contribution is -2.41. The van der Waals surface area contributed by atoms with E-state index in [0.717, 1.165) is 5.56 Å². The molecule has 4 nitrogen and oxygen atoms in total. The van der Waals surface area contributed by atoms with E-state index in [0.29, 0.717) is 25.3 Å². The maximum Gasteiger partial charge on any atom is 0.248 e. The van der Waals surface area contributed by atoms with Gasteiger partial charge >= 0.3 is 0 Å². The molecule has 16 heavy (non-hydrogen) atoms. The van der Waals surface area contributed by atoms with E-state index in [-0.39, 0.29) is 12.5 Å². The number of rotatable bonds is 2. The van der Waals surface area contributed by atoms with Crippen LogP contribution < -0.4 is 0 Å². The molecule has 0 atom stereocenters. The highest BCUT2D eigenvalue weighted by Gasteiger charge is 2.19. The first-order chi connectivity index (χ1) is 7.81. The largest absolute Gasteiger partial charge is 0.370 e. The van der Waals surface area contributed by atoms with Gasteiger partial charge in [-0.1, -0.05) is 18.2 Å². The van der Waals surface area contributed by atoms with Gasteiger partial charge < -0.3 is 9.64 Å². The minimum atomic E-state index is -0.0148. The third kappa shape index (κ3) is 2.20. The number of carbonyl (C=O) groups excluding carboxylic acids is 1.